The van der Waals surface area contributed by atoms with Gasteiger partial charge in [-0.1, -0.05) is 29.8 Å². The summed E-state index contributed by atoms with van der Waals surface area (Å²) in [5, 5.41) is 16.5. The van der Waals surface area contributed by atoms with Gasteiger partial charge in [-0.2, -0.15) is 0 Å². The molecular weight excluding hydrogens is 294 g/mol. The third-order valence-corrected chi connectivity index (χ3v) is 3.34. The van der Waals surface area contributed by atoms with Crippen molar-refractivity contribution in [2.75, 3.05) is 18.4 Å². The smallest absolute Gasteiger partial charge is 0.269 e. The average Bonchev–Trinajstić information content (AvgIpc) is 2.54. The number of nitrogens with zero attached hydrogens (tertiary/aromatic N) is 1. The Hall–Kier alpha value is -2.89. The fourth-order valence-corrected chi connectivity index (χ4v) is 2.06. The highest BCUT2D eigenvalue weighted by Crippen LogP contribution is 2.14. The van der Waals surface area contributed by atoms with Gasteiger partial charge < -0.3 is 10.6 Å². The number of nitro benzene ring substituents is 1. The summed E-state index contributed by atoms with van der Waals surface area (Å²) < 4.78 is 0. The van der Waals surface area contributed by atoms with Gasteiger partial charge in [-0.05, 0) is 24.6 Å². The van der Waals surface area contributed by atoms with E-state index in [9.17, 15) is 14.9 Å². The zero-order chi connectivity index (χ0) is 16.7. The van der Waals surface area contributed by atoms with Gasteiger partial charge in [0.25, 0.3) is 5.69 Å². The summed E-state index contributed by atoms with van der Waals surface area (Å²) in [6.07, 6.45) is 0.359. The number of rotatable bonds is 7. The molecule has 0 bridgehead atoms. The maximum absolute atomic E-state index is 11.8. The van der Waals surface area contributed by atoms with Crippen LogP contribution >= 0.6 is 0 Å². The highest BCUT2D eigenvalue weighted by molar-refractivity contribution is 5.78. The van der Waals surface area contributed by atoms with Gasteiger partial charge in [-0.15, -0.1) is 0 Å². The quantitative estimate of drug-likeness (QED) is 0.467. The summed E-state index contributed by atoms with van der Waals surface area (Å²) in [6, 6.07) is 14.0. The highest BCUT2D eigenvalue weighted by Gasteiger charge is 2.04. The van der Waals surface area contributed by atoms with Crippen LogP contribution in [0.3, 0.4) is 0 Å². The number of carbonyl (C=O) groups is 1. The molecule has 0 saturated heterocycles. The van der Waals surface area contributed by atoms with Crippen LogP contribution in [-0.4, -0.2) is 23.9 Å². The lowest BCUT2D eigenvalue weighted by atomic mass is 10.1. The van der Waals surface area contributed by atoms with E-state index in [1.807, 2.05) is 31.2 Å². The molecule has 2 aromatic carbocycles. The summed E-state index contributed by atoms with van der Waals surface area (Å²) in [7, 11) is 0. The zero-order valence-electron chi connectivity index (χ0n) is 12.9. The molecule has 0 radical (unpaired) electrons. The van der Waals surface area contributed by atoms with Crippen molar-refractivity contribution in [2.45, 2.75) is 13.3 Å². The van der Waals surface area contributed by atoms with E-state index < -0.39 is 4.92 Å². The predicted octanol–water partition coefficient (Wildman–Crippen LogP) is 2.67. The Balaban J connectivity index is 1.69. The number of benzene rings is 2. The Kier molecular flexibility index (Phi) is 5.68. The first-order valence-electron chi connectivity index (χ1n) is 7.35. The van der Waals surface area contributed by atoms with Crippen LogP contribution in [0.2, 0.25) is 0 Å². The Morgan fingerprint density at radius 2 is 1.70 bits per heavy atom. The fraction of sp³-hybridized carbons (Fsp3) is 0.235. The van der Waals surface area contributed by atoms with Gasteiger partial charge in [0.05, 0.1) is 11.3 Å². The van der Waals surface area contributed by atoms with E-state index in [0.717, 1.165) is 11.3 Å². The van der Waals surface area contributed by atoms with Crippen LogP contribution in [0.15, 0.2) is 48.5 Å². The molecule has 2 N–H and O–H groups in total. The second-order valence-corrected chi connectivity index (χ2v) is 5.24. The standard InChI is InChI=1S/C17H19N3O3/c1-13-2-4-14(5-3-13)12-17(21)19-11-10-18-15-6-8-16(9-7-15)20(22)23/h2-9,18H,10-12H2,1H3,(H,19,21). The molecule has 0 aliphatic carbocycles. The second-order valence-electron chi connectivity index (χ2n) is 5.24. The molecule has 0 atom stereocenters. The van der Waals surface area contributed by atoms with Crippen LogP contribution in [0.5, 0.6) is 0 Å². The molecule has 2 aromatic rings. The monoisotopic (exact) mass is 313 g/mol. The fourth-order valence-electron chi connectivity index (χ4n) is 2.06. The molecule has 0 unspecified atom stereocenters. The molecular formula is C17H19N3O3. The van der Waals surface area contributed by atoms with E-state index in [2.05, 4.69) is 10.6 Å². The van der Waals surface area contributed by atoms with Gasteiger partial charge in [0.2, 0.25) is 5.91 Å². The van der Waals surface area contributed by atoms with Crippen molar-refractivity contribution < 1.29 is 9.72 Å². The molecule has 6 nitrogen and oxygen atoms in total. The summed E-state index contributed by atoms with van der Waals surface area (Å²) >= 11 is 0. The van der Waals surface area contributed by atoms with E-state index in [-0.39, 0.29) is 11.6 Å². The van der Waals surface area contributed by atoms with Gasteiger partial charge in [0.1, 0.15) is 0 Å². The topological polar surface area (TPSA) is 84.3 Å². The largest absolute Gasteiger partial charge is 0.383 e. The van der Waals surface area contributed by atoms with E-state index in [1.54, 1.807) is 12.1 Å². The van der Waals surface area contributed by atoms with Crippen molar-refractivity contribution in [3.8, 4) is 0 Å². The number of carbonyl (C=O) groups excluding carboxylic acids is 1. The molecule has 2 rings (SSSR count). The average molecular weight is 313 g/mol. The molecule has 23 heavy (non-hydrogen) atoms. The van der Waals surface area contributed by atoms with E-state index in [1.165, 1.54) is 17.7 Å². The molecule has 6 heteroatoms. The first kappa shape index (κ1) is 16.5. The van der Waals surface area contributed by atoms with Crippen molar-refractivity contribution in [3.05, 3.63) is 69.8 Å². The maximum Gasteiger partial charge on any atom is 0.269 e. The van der Waals surface area contributed by atoms with Crippen molar-refractivity contribution in [1.82, 2.24) is 5.32 Å². The first-order valence-corrected chi connectivity index (χ1v) is 7.35. The summed E-state index contributed by atoms with van der Waals surface area (Å²) in [4.78, 5) is 21.9. The second kappa shape index (κ2) is 7.93. The maximum atomic E-state index is 11.8. The lowest BCUT2D eigenvalue weighted by molar-refractivity contribution is -0.384. The number of non-ortho nitro benzene ring substituents is 1. The SMILES string of the molecule is Cc1ccc(CC(=O)NCCNc2ccc([N+](=O)[O-])cc2)cc1. The third kappa shape index (κ3) is 5.43. The van der Waals surface area contributed by atoms with E-state index >= 15 is 0 Å². The number of hydrogen-bond acceptors (Lipinski definition) is 4. The number of nitrogens with one attached hydrogen (secondary N) is 2. The number of amides is 1. The molecule has 0 heterocycles. The minimum absolute atomic E-state index is 0.0284. The number of aryl methyl sites for hydroxylation is 1. The Labute approximate surface area is 134 Å². The third-order valence-electron chi connectivity index (χ3n) is 3.34. The molecule has 0 spiro atoms. The van der Waals surface area contributed by atoms with E-state index in [0.29, 0.717) is 19.5 Å². The van der Waals surface area contributed by atoms with Crippen molar-refractivity contribution >= 4 is 17.3 Å². The molecule has 0 aliphatic heterocycles. The Morgan fingerprint density at radius 1 is 1.04 bits per heavy atom. The van der Waals surface area contributed by atoms with E-state index in [4.69, 9.17) is 0 Å². The number of nitro groups is 1. The van der Waals surface area contributed by atoms with Crippen LogP contribution in [-0.2, 0) is 11.2 Å². The van der Waals surface area contributed by atoms with Crippen LogP contribution in [0.25, 0.3) is 0 Å². The van der Waals surface area contributed by atoms with Crippen LogP contribution in [0.4, 0.5) is 11.4 Å². The Bertz CT molecular complexity index is 666. The van der Waals surface area contributed by atoms with Gasteiger partial charge in [-0.3, -0.25) is 14.9 Å². The van der Waals surface area contributed by atoms with Crippen molar-refractivity contribution in [2.24, 2.45) is 0 Å². The van der Waals surface area contributed by atoms with Crippen LogP contribution in [0, 0.1) is 17.0 Å². The minimum atomic E-state index is -0.435. The zero-order valence-corrected chi connectivity index (χ0v) is 12.9. The minimum Gasteiger partial charge on any atom is -0.383 e. The molecule has 0 saturated carbocycles. The number of anilines is 1. The summed E-state index contributed by atoms with van der Waals surface area (Å²) in [5.74, 6) is -0.0284. The van der Waals surface area contributed by atoms with Crippen LogP contribution < -0.4 is 10.6 Å². The molecule has 1 amide bonds. The molecule has 0 aliphatic rings. The molecule has 0 aromatic heterocycles. The normalized spacial score (nSPS) is 10.1. The predicted molar refractivity (Wildman–Crippen MR) is 89.5 cm³/mol. The summed E-state index contributed by atoms with van der Waals surface area (Å²) in [6.45, 7) is 3.05. The summed E-state index contributed by atoms with van der Waals surface area (Å²) in [5.41, 5.74) is 2.99. The van der Waals surface area contributed by atoms with Crippen LogP contribution in [0.1, 0.15) is 11.1 Å². The van der Waals surface area contributed by atoms with Crippen molar-refractivity contribution in [1.29, 1.82) is 0 Å². The first-order chi connectivity index (χ1) is 11.0. The highest BCUT2D eigenvalue weighted by atomic mass is 16.6. The molecule has 120 valence electrons. The lowest BCUT2D eigenvalue weighted by Crippen LogP contribution is -2.30. The van der Waals surface area contributed by atoms with Crippen molar-refractivity contribution in [3.63, 3.8) is 0 Å². The number of hydrogen-bond donors (Lipinski definition) is 2. The van der Waals surface area contributed by atoms with Gasteiger partial charge in [-0.25, -0.2) is 0 Å². The lowest BCUT2D eigenvalue weighted by Gasteiger charge is -2.08. The van der Waals surface area contributed by atoms with Gasteiger partial charge >= 0.3 is 0 Å². The Morgan fingerprint density at radius 3 is 2.30 bits per heavy atom. The molecule has 0 fully saturated rings. The van der Waals surface area contributed by atoms with Gasteiger partial charge in [0, 0.05) is 30.9 Å². The van der Waals surface area contributed by atoms with Gasteiger partial charge in [0.15, 0.2) is 0 Å².